The molecule has 0 fully saturated rings. The minimum atomic E-state index is -1.02. The quantitative estimate of drug-likeness (QED) is 0.118. The molecule has 0 spiro atoms. The zero-order valence-corrected chi connectivity index (χ0v) is 31.2. The van der Waals surface area contributed by atoms with Gasteiger partial charge in [0.25, 0.3) is 5.56 Å². The van der Waals surface area contributed by atoms with Gasteiger partial charge >= 0.3 is 11.9 Å². The second-order valence-corrected chi connectivity index (χ2v) is 13.8. The maximum atomic E-state index is 14.4. The topological polar surface area (TPSA) is 126 Å². The Morgan fingerprint density at radius 3 is 2.47 bits per heavy atom. The molecule has 0 aliphatic carbocycles. The number of benzene rings is 4. The van der Waals surface area contributed by atoms with Crippen molar-refractivity contribution in [1.29, 1.82) is 0 Å². The summed E-state index contributed by atoms with van der Waals surface area (Å²) in [7, 11) is 3.03. The van der Waals surface area contributed by atoms with Crippen LogP contribution >= 0.6 is 45.5 Å². The number of hydrogen-bond donors (Lipinski definition) is 1. The standard InChI is InChI=1S/C38H30ClIN2O8S/c1-4-49-37(46)31-32(23-10-6-5-7-11-23)41-38-42(33(31)26-19-25(39)13-14-28(26)47-2)35(43)30(51-38)18-22-16-27(40)34(29(17-22)48-3)50-20-21-9-8-12-24(15-21)36(44)45/h5-19,33H,4,20H2,1-3H3,(H,44,45)/b30-18+/t33-/m1/s1. The normalized spacial score (nSPS) is 14.1. The molecule has 0 saturated carbocycles. The summed E-state index contributed by atoms with van der Waals surface area (Å²) in [4.78, 5) is 44.9. The molecule has 51 heavy (non-hydrogen) atoms. The Bertz CT molecular complexity index is 2370. The first-order chi connectivity index (χ1) is 24.6. The summed E-state index contributed by atoms with van der Waals surface area (Å²) >= 11 is 9.81. The first-order valence-corrected chi connectivity index (χ1v) is 17.8. The van der Waals surface area contributed by atoms with Gasteiger partial charge in [-0.05, 0) is 89.2 Å². The number of carbonyl (C=O) groups is 2. The van der Waals surface area contributed by atoms with Crippen molar-refractivity contribution in [2.45, 2.75) is 19.6 Å². The lowest BCUT2D eigenvalue weighted by Crippen LogP contribution is -2.40. The maximum absolute atomic E-state index is 14.4. The fraction of sp³-hybridized carbons (Fsp3) is 0.158. The van der Waals surface area contributed by atoms with Crippen LogP contribution in [-0.4, -0.2) is 42.4 Å². The number of halogens is 2. The lowest BCUT2D eigenvalue weighted by molar-refractivity contribution is -0.138. The van der Waals surface area contributed by atoms with Gasteiger partial charge in [0.05, 0.1) is 45.8 Å². The molecule has 1 aromatic heterocycles. The molecule has 10 nitrogen and oxygen atoms in total. The fourth-order valence-corrected chi connectivity index (χ4v) is 7.68. The number of aromatic nitrogens is 1. The van der Waals surface area contributed by atoms with Crippen molar-refractivity contribution in [3.63, 3.8) is 0 Å². The van der Waals surface area contributed by atoms with E-state index in [1.807, 2.05) is 36.4 Å². The van der Waals surface area contributed by atoms with Gasteiger partial charge in [0.1, 0.15) is 18.4 Å². The van der Waals surface area contributed by atoms with Crippen LogP contribution in [0.5, 0.6) is 17.2 Å². The van der Waals surface area contributed by atoms with E-state index in [-0.39, 0.29) is 29.9 Å². The number of carboxylic acid groups (broad SMARTS) is 1. The second kappa shape index (κ2) is 15.5. The Kier molecular flexibility index (Phi) is 10.9. The molecule has 0 amide bonds. The van der Waals surface area contributed by atoms with E-state index < -0.39 is 18.0 Å². The first-order valence-electron chi connectivity index (χ1n) is 15.6. The van der Waals surface area contributed by atoms with Gasteiger partial charge in [-0.1, -0.05) is 65.4 Å². The van der Waals surface area contributed by atoms with E-state index in [4.69, 9.17) is 35.5 Å². The second-order valence-electron chi connectivity index (χ2n) is 11.1. The molecule has 6 rings (SSSR count). The molecule has 0 saturated heterocycles. The van der Waals surface area contributed by atoms with Crippen molar-refractivity contribution in [3.05, 3.63) is 147 Å². The molecular formula is C38H30ClIN2O8S. The molecule has 4 aromatic carbocycles. The Balaban J connectivity index is 1.50. The van der Waals surface area contributed by atoms with Crippen LogP contribution in [0.4, 0.5) is 0 Å². The van der Waals surface area contributed by atoms with Gasteiger partial charge in [-0.2, -0.15) is 0 Å². The van der Waals surface area contributed by atoms with Crippen molar-refractivity contribution < 1.29 is 33.6 Å². The molecule has 5 aromatic rings. The summed E-state index contributed by atoms with van der Waals surface area (Å²) in [6.45, 7) is 1.95. The van der Waals surface area contributed by atoms with E-state index in [1.165, 1.54) is 36.2 Å². The molecule has 260 valence electrons. The third kappa shape index (κ3) is 7.43. The van der Waals surface area contributed by atoms with Crippen LogP contribution in [0.2, 0.25) is 5.02 Å². The summed E-state index contributed by atoms with van der Waals surface area (Å²) in [6.07, 6.45) is 1.73. The van der Waals surface area contributed by atoms with Crippen LogP contribution < -0.4 is 29.1 Å². The smallest absolute Gasteiger partial charge is 0.338 e. The van der Waals surface area contributed by atoms with E-state index in [0.717, 1.165) is 0 Å². The van der Waals surface area contributed by atoms with Crippen molar-refractivity contribution in [2.75, 3.05) is 20.8 Å². The van der Waals surface area contributed by atoms with Crippen molar-refractivity contribution in [3.8, 4) is 17.2 Å². The van der Waals surface area contributed by atoms with E-state index in [1.54, 1.807) is 55.5 Å². The third-order valence-corrected chi connectivity index (χ3v) is 9.99. The molecule has 1 atom stereocenters. The molecular weight excluding hydrogens is 807 g/mol. The Morgan fingerprint density at radius 1 is 1.00 bits per heavy atom. The third-order valence-electron chi connectivity index (χ3n) is 7.97. The number of methoxy groups -OCH3 is 2. The summed E-state index contributed by atoms with van der Waals surface area (Å²) in [5, 5.41) is 9.75. The van der Waals surface area contributed by atoms with E-state index in [2.05, 4.69) is 22.6 Å². The van der Waals surface area contributed by atoms with Crippen LogP contribution in [0.3, 0.4) is 0 Å². The number of aromatic carboxylic acids is 1. The van der Waals surface area contributed by atoms with Gasteiger partial charge in [0.2, 0.25) is 0 Å². The Labute approximate surface area is 315 Å². The van der Waals surface area contributed by atoms with Gasteiger partial charge in [-0.15, -0.1) is 0 Å². The van der Waals surface area contributed by atoms with Crippen LogP contribution in [-0.2, 0) is 16.1 Å². The highest BCUT2D eigenvalue weighted by atomic mass is 127. The summed E-state index contributed by atoms with van der Waals surface area (Å²) in [5.74, 6) is -0.319. The molecule has 2 heterocycles. The van der Waals surface area contributed by atoms with Crippen LogP contribution in [0.1, 0.15) is 45.6 Å². The average molecular weight is 837 g/mol. The highest BCUT2D eigenvalue weighted by Crippen LogP contribution is 2.40. The molecule has 0 bridgehead atoms. The van der Waals surface area contributed by atoms with Gasteiger partial charge in [0, 0.05) is 16.1 Å². The monoisotopic (exact) mass is 836 g/mol. The number of thiazole rings is 1. The van der Waals surface area contributed by atoms with Crippen LogP contribution in [0, 0.1) is 3.57 Å². The Hall–Kier alpha value is -4.92. The van der Waals surface area contributed by atoms with Gasteiger partial charge < -0.3 is 24.1 Å². The predicted octanol–water partition coefficient (Wildman–Crippen LogP) is 6.49. The van der Waals surface area contributed by atoms with Gasteiger partial charge in [0.15, 0.2) is 16.3 Å². The highest BCUT2D eigenvalue weighted by Gasteiger charge is 2.37. The van der Waals surface area contributed by atoms with Gasteiger partial charge in [-0.25, -0.2) is 14.6 Å². The molecule has 1 aliphatic heterocycles. The number of rotatable bonds is 11. The zero-order chi connectivity index (χ0) is 36.2. The number of esters is 1. The highest BCUT2D eigenvalue weighted by molar-refractivity contribution is 14.1. The predicted molar refractivity (Wildman–Crippen MR) is 203 cm³/mol. The van der Waals surface area contributed by atoms with Crippen molar-refractivity contribution >= 4 is 69.2 Å². The molecule has 13 heteroatoms. The van der Waals surface area contributed by atoms with Crippen LogP contribution in [0.15, 0.2) is 100 Å². The van der Waals surface area contributed by atoms with E-state index >= 15 is 0 Å². The number of carboxylic acids is 1. The molecule has 1 N–H and O–H groups in total. The SMILES string of the molecule is CCOC(=O)C1=C(c2ccccc2)N=c2s/c(=C/c3cc(I)c(OCc4cccc(C(=O)O)c4)c(OC)c3)c(=O)n2[C@@H]1c1cc(Cl)ccc1OC. The number of ether oxygens (including phenoxy) is 4. The number of nitrogens with zero attached hydrogens (tertiary/aromatic N) is 2. The first kappa shape index (κ1) is 35.9. The number of hydrogen-bond acceptors (Lipinski definition) is 9. The maximum Gasteiger partial charge on any atom is 0.338 e. The van der Waals surface area contributed by atoms with Crippen molar-refractivity contribution in [2.24, 2.45) is 4.99 Å². The minimum absolute atomic E-state index is 0.114. The summed E-state index contributed by atoms with van der Waals surface area (Å²) in [6, 6.07) is 23.4. The minimum Gasteiger partial charge on any atom is -0.496 e. The Morgan fingerprint density at radius 2 is 1.76 bits per heavy atom. The largest absolute Gasteiger partial charge is 0.496 e. The van der Waals surface area contributed by atoms with Crippen LogP contribution in [0.25, 0.3) is 11.8 Å². The zero-order valence-electron chi connectivity index (χ0n) is 27.5. The fourth-order valence-electron chi connectivity index (χ4n) is 5.72. The lowest BCUT2D eigenvalue weighted by Gasteiger charge is -2.27. The van der Waals surface area contributed by atoms with Crippen molar-refractivity contribution in [1.82, 2.24) is 4.57 Å². The molecule has 0 unspecified atom stereocenters. The average Bonchev–Trinajstić information content (AvgIpc) is 3.44. The summed E-state index contributed by atoms with van der Waals surface area (Å²) < 4.78 is 25.6. The summed E-state index contributed by atoms with van der Waals surface area (Å²) in [5.41, 5.74) is 2.84. The van der Waals surface area contributed by atoms with E-state index in [9.17, 15) is 19.5 Å². The van der Waals surface area contributed by atoms with Gasteiger partial charge in [-0.3, -0.25) is 9.36 Å². The molecule has 0 radical (unpaired) electrons. The number of fused-ring (bicyclic) bond motifs is 1. The van der Waals surface area contributed by atoms with E-state index in [0.29, 0.717) is 63.1 Å². The number of carbonyl (C=O) groups excluding carboxylic acids is 1. The molecule has 1 aliphatic rings. The lowest BCUT2D eigenvalue weighted by atomic mass is 9.92.